The summed E-state index contributed by atoms with van der Waals surface area (Å²) in [6.07, 6.45) is 5.75. The van der Waals surface area contributed by atoms with Gasteiger partial charge in [-0.3, -0.25) is 0 Å². The first kappa shape index (κ1) is 22.4. The number of aromatic nitrogens is 2. The number of hydrogen-bond donors (Lipinski definition) is 0. The van der Waals surface area contributed by atoms with Crippen LogP contribution in [-0.4, -0.2) is 51.7 Å². The van der Waals surface area contributed by atoms with E-state index in [1.165, 1.54) is 27.6 Å². The Labute approximate surface area is 194 Å². The fraction of sp³-hybridized carbons (Fsp3) is 0.444. The van der Waals surface area contributed by atoms with Gasteiger partial charge >= 0.3 is 12.0 Å². The van der Waals surface area contributed by atoms with Gasteiger partial charge in [-0.15, -0.1) is 21.5 Å². The molecule has 1 unspecified atom stereocenters. The van der Waals surface area contributed by atoms with Crippen LogP contribution in [0.25, 0.3) is 0 Å². The molecule has 0 saturated carbocycles. The highest BCUT2D eigenvalue weighted by atomic mass is 79.9. The van der Waals surface area contributed by atoms with Crippen LogP contribution in [0.5, 0.6) is 0 Å². The number of thiophene rings is 1. The summed E-state index contributed by atoms with van der Waals surface area (Å²) in [5.74, 6) is -0.455. The average Bonchev–Trinajstić information content (AvgIpc) is 3.40. The molecule has 7 nitrogen and oxygen atoms in total. The van der Waals surface area contributed by atoms with Crippen LogP contribution in [0.2, 0.25) is 0 Å². The second-order valence-corrected chi connectivity index (χ2v) is 9.88. The van der Waals surface area contributed by atoms with Crippen LogP contribution in [0.3, 0.4) is 0 Å². The molecule has 2 aromatic heterocycles. The molecule has 1 atom stereocenters. The molecule has 0 N–H and O–H groups in total. The van der Waals surface area contributed by atoms with Crippen molar-refractivity contribution in [1.29, 1.82) is 0 Å². The summed E-state index contributed by atoms with van der Waals surface area (Å²) < 4.78 is 6.52. The van der Waals surface area contributed by atoms with Crippen LogP contribution in [0.15, 0.2) is 28.1 Å². The number of alkyl halides is 1. The zero-order chi connectivity index (χ0) is 20.8. The second kappa shape index (κ2) is 10.6. The van der Waals surface area contributed by atoms with E-state index >= 15 is 0 Å². The zero-order valence-corrected chi connectivity index (χ0v) is 20.5. The lowest BCUT2D eigenvalue weighted by Gasteiger charge is -2.19. The van der Waals surface area contributed by atoms with Gasteiger partial charge in [-0.05, 0) is 41.8 Å². The van der Waals surface area contributed by atoms with Gasteiger partial charge in [-0.25, -0.2) is 14.5 Å². The van der Waals surface area contributed by atoms with Gasteiger partial charge in [-0.2, -0.15) is 0 Å². The highest BCUT2D eigenvalue weighted by molar-refractivity contribution is 9.10. The lowest BCUT2D eigenvalue weighted by atomic mass is 10.3. The number of anilines is 1. The monoisotopic (exact) mass is 562 g/mol. The summed E-state index contributed by atoms with van der Waals surface area (Å²) in [6.45, 7) is 2.85. The first-order chi connectivity index (χ1) is 14.0. The summed E-state index contributed by atoms with van der Waals surface area (Å²) in [7, 11) is 0. The number of amides is 2. The number of halogens is 2. The molecule has 156 valence electrons. The van der Waals surface area contributed by atoms with E-state index in [1.54, 1.807) is 11.0 Å². The van der Waals surface area contributed by atoms with Crippen LogP contribution >= 0.6 is 54.5 Å². The molecular weight excluding hydrogens is 544 g/mol. The van der Waals surface area contributed by atoms with Crippen molar-refractivity contribution in [1.82, 2.24) is 15.1 Å². The first-order valence-corrected chi connectivity index (χ1v) is 12.7. The summed E-state index contributed by atoms with van der Waals surface area (Å²) in [5.41, 5.74) is 0. The maximum atomic E-state index is 13.0. The van der Waals surface area contributed by atoms with Gasteiger partial charge < -0.3 is 9.64 Å². The fourth-order valence-electron chi connectivity index (χ4n) is 2.77. The normalized spacial score (nSPS) is 16.9. The largest absolute Gasteiger partial charge is 0.435 e. The third-order valence-electron chi connectivity index (χ3n) is 4.14. The molecule has 3 rings (SSSR count). The number of carbonyl (C=O) groups excluding carboxylic acids is 2. The highest BCUT2D eigenvalue weighted by Crippen LogP contribution is 2.30. The van der Waals surface area contributed by atoms with Crippen molar-refractivity contribution >= 4 is 71.7 Å². The van der Waals surface area contributed by atoms with Gasteiger partial charge in [0.05, 0.1) is 6.54 Å². The maximum absolute atomic E-state index is 13.0. The van der Waals surface area contributed by atoms with Gasteiger partial charge in [0, 0.05) is 28.1 Å². The van der Waals surface area contributed by atoms with E-state index in [1.807, 2.05) is 18.4 Å². The minimum Gasteiger partial charge on any atom is -0.435 e. The van der Waals surface area contributed by atoms with Gasteiger partial charge in [-0.1, -0.05) is 39.4 Å². The Bertz CT molecular complexity index is 886. The summed E-state index contributed by atoms with van der Waals surface area (Å²) in [4.78, 5) is 29.2. The lowest BCUT2D eigenvalue weighted by molar-refractivity contribution is 0.0331. The van der Waals surface area contributed by atoms with E-state index in [0.717, 1.165) is 34.1 Å². The number of esters is 1. The molecule has 29 heavy (non-hydrogen) atoms. The Balaban J connectivity index is 1.78. The van der Waals surface area contributed by atoms with Crippen LogP contribution in [0.4, 0.5) is 9.93 Å². The molecule has 1 aliphatic heterocycles. The molecule has 0 bridgehead atoms. The first-order valence-electron chi connectivity index (χ1n) is 9.06. The van der Waals surface area contributed by atoms with E-state index in [0.29, 0.717) is 23.1 Å². The van der Waals surface area contributed by atoms with E-state index < -0.39 is 12.2 Å². The van der Waals surface area contributed by atoms with Crippen molar-refractivity contribution in [2.75, 3.05) is 23.3 Å². The molecule has 2 aromatic rings. The summed E-state index contributed by atoms with van der Waals surface area (Å²) in [5, 5.41) is 12.3. The topological polar surface area (TPSA) is 75.6 Å². The maximum Gasteiger partial charge on any atom is 0.350 e. The Morgan fingerprint density at radius 2 is 2.28 bits per heavy atom. The average molecular weight is 564 g/mol. The van der Waals surface area contributed by atoms with E-state index in [9.17, 15) is 9.59 Å². The smallest absolute Gasteiger partial charge is 0.350 e. The quantitative estimate of drug-likeness (QED) is 0.241. The number of urea groups is 1. The van der Waals surface area contributed by atoms with Crippen LogP contribution < -0.4 is 4.90 Å². The third-order valence-corrected chi connectivity index (χ3v) is 7.35. The number of rotatable bonds is 9. The Kier molecular flexibility index (Phi) is 8.22. The number of nitrogens with zero attached hydrogens (tertiary/aromatic N) is 4. The second-order valence-electron chi connectivity index (χ2n) is 6.22. The molecule has 2 amide bonds. The molecule has 0 radical (unpaired) electrons. The molecule has 1 aliphatic rings. The Hall–Kier alpha value is -1.30. The van der Waals surface area contributed by atoms with Crippen LogP contribution in [0.1, 0.15) is 34.4 Å². The van der Waals surface area contributed by atoms with Gasteiger partial charge in [0.1, 0.15) is 9.88 Å². The van der Waals surface area contributed by atoms with E-state index in [2.05, 4.69) is 48.1 Å². The van der Waals surface area contributed by atoms with Crippen molar-refractivity contribution in [3.8, 4) is 0 Å². The van der Waals surface area contributed by atoms with Crippen molar-refractivity contribution in [2.24, 2.45) is 0 Å². The minimum absolute atomic E-state index is 0.215. The lowest BCUT2D eigenvalue weighted by Crippen LogP contribution is -2.37. The summed E-state index contributed by atoms with van der Waals surface area (Å²) >= 11 is 9.38. The van der Waals surface area contributed by atoms with E-state index in [4.69, 9.17) is 4.74 Å². The van der Waals surface area contributed by atoms with Crippen molar-refractivity contribution in [3.05, 3.63) is 38.0 Å². The standard InChI is InChI=1S/C18H20Br2N4O3S2/c1-2-3-4-6-14-21-22-17(29-14)24-15(10-23(18(24)26)8-5-7-19)27-16(25)13-9-12(20)11-28-13/h2-3,9,11,15H,4-8,10H2,1H3. The van der Waals surface area contributed by atoms with Crippen molar-refractivity contribution < 1.29 is 14.3 Å². The molecule has 3 heterocycles. The number of hydrogen-bond acceptors (Lipinski definition) is 7. The fourth-order valence-corrected chi connectivity index (χ4v) is 5.22. The molecule has 0 aliphatic carbocycles. The van der Waals surface area contributed by atoms with E-state index in [-0.39, 0.29) is 6.03 Å². The molecular formula is C18H20Br2N4O3S2. The SMILES string of the molecule is CC=CCCc1nnc(N2C(=O)N(CCCBr)CC2OC(=O)c2cc(Br)cs2)s1. The number of allylic oxidation sites excluding steroid dienone is 2. The van der Waals surface area contributed by atoms with Gasteiger partial charge in [0.15, 0.2) is 0 Å². The predicted octanol–water partition coefficient (Wildman–Crippen LogP) is 5.08. The minimum atomic E-state index is -0.734. The zero-order valence-electron chi connectivity index (χ0n) is 15.7. The van der Waals surface area contributed by atoms with Crippen molar-refractivity contribution in [2.45, 2.75) is 32.4 Å². The number of ether oxygens (including phenoxy) is 1. The predicted molar refractivity (Wildman–Crippen MR) is 122 cm³/mol. The molecule has 11 heteroatoms. The molecule has 1 fully saturated rings. The Morgan fingerprint density at radius 3 is 2.97 bits per heavy atom. The van der Waals surface area contributed by atoms with Gasteiger partial charge in [0.25, 0.3) is 0 Å². The number of aryl methyl sites for hydroxylation is 1. The Morgan fingerprint density at radius 1 is 1.45 bits per heavy atom. The van der Waals surface area contributed by atoms with Crippen molar-refractivity contribution in [3.63, 3.8) is 0 Å². The van der Waals surface area contributed by atoms with Gasteiger partial charge in [0.2, 0.25) is 11.4 Å². The molecule has 1 saturated heterocycles. The number of carbonyl (C=O) groups is 2. The van der Waals surface area contributed by atoms with Crippen LogP contribution in [-0.2, 0) is 11.2 Å². The molecule has 0 aromatic carbocycles. The van der Waals surface area contributed by atoms with Crippen LogP contribution in [0, 0.1) is 0 Å². The highest BCUT2D eigenvalue weighted by Gasteiger charge is 2.42. The summed E-state index contributed by atoms with van der Waals surface area (Å²) in [6, 6.07) is 1.49. The molecule has 0 spiro atoms. The third kappa shape index (κ3) is 5.65.